The molecular formula is C36H37N3O4S. The number of hydrogen-bond donors (Lipinski definition) is 1. The lowest BCUT2D eigenvalue weighted by Gasteiger charge is -2.38. The van der Waals surface area contributed by atoms with Gasteiger partial charge >= 0.3 is 0 Å². The van der Waals surface area contributed by atoms with Crippen molar-refractivity contribution < 1.29 is 19.5 Å². The zero-order valence-electron chi connectivity index (χ0n) is 24.8. The van der Waals surface area contributed by atoms with Crippen LogP contribution in [0.5, 0.6) is 0 Å². The van der Waals surface area contributed by atoms with E-state index < -0.39 is 28.7 Å². The molecule has 2 fully saturated rings. The molecule has 3 amide bonds. The van der Waals surface area contributed by atoms with Crippen LogP contribution in [0, 0.1) is 11.8 Å². The van der Waals surface area contributed by atoms with Crippen molar-refractivity contribution in [1.29, 1.82) is 0 Å². The molecule has 7 nitrogen and oxygen atoms in total. The highest BCUT2D eigenvalue weighted by molar-refractivity contribution is 8.02. The van der Waals surface area contributed by atoms with Crippen LogP contribution in [0.4, 0.5) is 5.69 Å². The number of rotatable bonds is 7. The molecule has 0 aromatic heterocycles. The Bertz CT molecular complexity index is 1660. The zero-order chi connectivity index (χ0) is 30.4. The first kappa shape index (κ1) is 28.9. The normalized spacial score (nSPS) is 28.6. The maximum atomic E-state index is 14.9. The van der Waals surface area contributed by atoms with Gasteiger partial charge in [-0.1, -0.05) is 91.9 Å². The summed E-state index contributed by atoms with van der Waals surface area (Å²) in [4.78, 5) is 49.1. The fraction of sp³-hybridized carbons (Fsp3) is 0.361. The van der Waals surface area contributed by atoms with Gasteiger partial charge in [0.2, 0.25) is 11.8 Å². The van der Waals surface area contributed by atoms with Crippen LogP contribution in [0.15, 0.2) is 97.1 Å². The van der Waals surface area contributed by atoms with Crippen LogP contribution in [-0.2, 0) is 20.8 Å². The quantitative estimate of drug-likeness (QED) is 0.402. The van der Waals surface area contributed by atoms with Crippen LogP contribution in [0.25, 0.3) is 10.8 Å². The van der Waals surface area contributed by atoms with Gasteiger partial charge in [0.05, 0.1) is 29.2 Å². The number of likely N-dealkylation sites (tertiary alicyclic amines) is 1. The molecule has 8 heteroatoms. The number of benzene rings is 3. The first-order valence-electron chi connectivity index (χ1n) is 15.5. The van der Waals surface area contributed by atoms with E-state index in [1.165, 1.54) is 0 Å². The van der Waals surface area contributed by atoms with E-state index >= 15 is 0 Å². The summed E-state index contributed by atoms with van der Waals surface area (Å²) in [6.07, 6.45) is 9.38. The zero-order valence-corrected chi connectivity index (χ0v) is 25.6. The number of nitrogens with zero attached hydrogens (tertiary/aromatic N) is 3. The van der Waals surface area contributed by atoms with Gasteiger partial charge < -0.3 is 19.8 Å². The summed E-state index contributed by atoms with van der Waals surface area (Å²) in [7, 11) is 0. The number of carbonyl (C=O) groups excluding carboxylic acids is 3. The van der Waals surface area contributed by atoms with Gasteiger partial charge in [-0.15, -0.1) is 11.8 Å². The van der Waals surface area contributed by atoms with Crippen LogP contribution >= 0.6 is 11.8 Å². The topological polar surface area (TPSA) is 81.2 Å². The van der Waals surface area contributed by atoms with E-state index in [0.29, 0.717) is 26.1 Å². The second-order valence-corrected chi connectivity index (χ2v) is 13.7. The van der Waals surface area contributed by atoms with Crippen LogP contribution in [0.2, 0.25) is 0 Å². The summed E-state index contributed by atoms with van der Waals surface area (Å²) in [6.45, 7) is 3.26. The molecule has 4 heterocycles. The van der Waals surface area contributed by atoms with Crippen LogP contribution in [0.1, 0.15) is 18.9 Å². The molecule has 4 aliphatic rings. The predicted molar refractivity (Wildman–Crippen MR) is 174 cm³/mol. The fourth-order valence-electron chi connectivity index (χ4n) is 7.71. The molecule has 6 atom stereocenters. The number of aliphatic hydroxyl groups excluding tert-OH is 1. The highest BCUT2D eigenvalue weighted by Crippen LogP contribution is 2.61. The van der Waals surface area contributed by atoms with Crippen LogP contribution in [-0.4, -0.2) is 80.9 Å². The SMILES string of the molecule is CCCN1CC=C[C@@H]2S[C@]34C=CCN(c5ccc6ccccc6c5)C(=O)C3N([C@@H](CO)Cc3ccccc3)C(=O)[C@@H]4[C@@H]2C1=O. The molecule has 2 saturated heterocycles. The largest absolute Gasteiger partial charge is 0.394 e. The van der Waals surface area contributed by atoms with Crippen molar-refractivity contribution >= 4 is 45.9 Å². The first-order valence-corrected chi connectivity index (χ1v) is 16.4. The summed E-state index contributed by atoms with van der Waals surface area (Å²) in [5.41, 5.74) is 1.73. The van der Waals surface area contributed by atoms with Gasteiger partial charge in [0.15, 0.2) is 0 Å². The molecule has 226 valence electrons. The number of aliphatic hydroxyl groups is 1. The van der Waals surface area contributed by atoms with Crippen molar-refractivity contribution in [1.82, 2.24) is 9.80 Å². The number of anilines is 1. The van der Waals surface area contributed by atoms with E-state index in [2.05, 4.69) is 6.08 Å². The minimum atomic E-state index is -0.936. The average Bonchev–Trinajstić information content (AvgIpc) is 3.37. The Morgan fingerprint density at radius 3 is 2.45 bits per heavy atom. The summed E-state index contributed by atoms with van der Waals surface area (Å²) in [5, 5.41) is 12.7. The van der Waals surface area contributed by atoms with Gasteiger partial charge in [-0.2, -0.15) is 0 Å². The molecule has 44 heavy (non-hydrogen) atoms. The standard InChI is InChI=1S/C36H37N3O4S/c1-2-18-37-19-8-14-29-30(33(37)41)31-34(42)39(28(23-40)21-24-10-4-3-5-11-24)32-35(43)38(20-9-17-36(31,32)44-29)27-16-15-25-12-6-7-13-26(25)22-27/h3-17,22,28-32,40H,2,18-21,23H2,1H3/t28-,29+,30-,31+,32?,36+/m1/s1. The molecule has 1 spiro atoms. The Morgan fingerprint density at radius 2 is 1.68 bits per heavy atom. The molecule has 0 bridgehead atoms. The molecular weight excluding hydrogens is 570 g/mol. The van der Waals surface area contributed by atoms with E-state index in [9.17, 15) is 19.5 Å². The van der Waals surface area contributed by atoms with E-state index in [4.69, 9.17) is 0 Å². The summed E-state index contributed by atoms with van der Waals surface area (Å²) >= 11 is 1.58. The maximum absolute atomic E-state index is 14.9. The molecule has 3 aromatic carbocycles. The molecule has 4 aliphatic heterocycles. The Kier molecular flexibility index (Phi) is 7.58. The monoisotopic (exact) mass is 607 g/mol. The van der Waals surface area contributed by atoms with Crippen molar-refractivity contribution in [2.24, 2.45) is 11.8 Å². The van der Waals surface area contributed by atoms with Gasteiger partial charge in [0.1, 0.15) is 6.04 Å². The highest BCUT2D eigenvalue weighted by Gasteiger charge is 2.71. The lowest BCUT2D eigenvalue weighted by molar-refractivity contribution is -0.144. The van der Waals surface area contributed by atoms with E-state index in [1.54, 1.807) is 21.6 Å². The minimum absolute atomic E-state index is 0.0229. The van der Waals surface area contributed by atoms with Crippen molar-refractivity contribution in [2.45, 2.75) is 41.8 Å². The number of carbonyl (C=O) groups is 3. The molecule has 1 N–H and O–H groups in total. The van der Waals surface area contributed by atoms with Gasteiger partial charge in [0, 0.05) is 30.6 Å². The van der Waals surface area contributed by atoms with Crippen molar-refractivity contribution in [3.05, 3.63) is 103 Å². The van der Waals surface area contributed by atoms with Gasteiger partial charge in [-0.3, -0.25) is 14.4 Å². The molecule has 0 radical (unpaired) electrons. The minimum Gasteiger partial charge on any atom is -0.394 e. The number of fused-ring (bicyclic) bond motifs is 3. The number of hydrogen-bond acceptors (Lipinski definition) is 5. The highest BCUT2D eigenvalue weighted by atomic mass is 32.2. The van der Waals surface area contributed by atoms with E-state index in [1.807, 2.05) is 103 Å². The van der Waals surface area contributed by atoms with Gasteiger partial charge in [-0.05, 0) is 41.3 Å². The average molecular weight is 608 g/mol. The first-order chi connectivity index (χ1) is 21.5. The van der Waals surface area contributed by atoms with Crippen molar-refractivity contribution in [3.8, 4) is 0 Å². The van der Waals surface area contributed by atoms with Crippen molar-refractivity contribution in [3.63, 3.8) is 0 Å². The third-order valence-electron chi connectivity index (χ3n) is 9.64. The number of amides is 3. The molecule has 0 saturated carbocycles. The molecule has 0 aliphatic carbocycles. The van der Waals surface area contributed by atoms with Crippen molar-refractivity contribution in [2.75, 3.05) is 31.1 Å². The molecule has 3 aromatic rings. The Morgan fingerprint density at radius 1 is 0.909 bits per heavy atom. The smallest absolute Gasteiger partial charge is 0.251 e. The van der Waals surface area contributed by atoms with Gasteiger partial charge in [0.25, 0.3) is 5.91 Å². The predicted octanol–water partition coefficient (Wildman–Crippen LogP) is 4.45. The summed E-state index contributed by atoms with van der Waals surface area (Å²) in [5.74, 6) is -1.71. The molecule has 1 unspecified atom stereocenters. The second kappa shape index (κ2) is 11.6. The summed E-state index contributed by atoms with van der Waals surface area (Å²) < 4.78 is -0.936. The lowest BCUT2D eigenvalue weighted by Crippen LogP contribution is -2.57. The maximum Gasteiger partial charge on any atom is 0.251 e. The summed E-state index contributed by atoms with van der Waals surface area (Å²) in [6, 6.07) is 22.3. The fourth-order valence-corrected chi connectivity index (χ4v) is 9.70. The number of thioether (sulfide) groups is 1. The Balaban J connectivity index is 1.34. The third kappa shape index (κ3) is 4.58. The Hall–Kier alpha value is -3.88. The van der Waals surface area contributed by atoms with Crippen LogP contribution in [0.3, 0.4) is 0 Å². The molecule has 7 rings (SSSR count). The van der Waals surface area contributed by atoms with E-state index in [-0.39, 0.29) is 29.6 Å². The second-order valence-electron chi connectivity index (χ2n) is 12.2. The van der Waals surface area contributed by atoms with Gasteiger partial charge in [-0.25, -0.2) is 0 Å². The van der Waals surface area contributed by atoms with Crippen LogP contribution < -0.4 is 4.90 Å². The van der Waals surface area contributed by atoms with E-state index in [0.717, 1.165) is 28.4 Å². The Labute approximate surface area is 262 Å². The lowest BCUT2D eigenvalue weighted by atomic mass is 9.78. The third-order valence-corrected chi connectivity index (χ3v) is 11.4.